The zero-order valence-electron chi connectivity index (χ0n) is 12.9. The molecule has 0 fully saturated rings. The minimum atomic E-state index is -0.905. The molecule has 0 amide bonds. The average Bonchev–Trinajstić information content (AvgIpc) is 2.34. The Balaban J connectivity index is 0. The number of carbonyl (C=O) groups excluding carboxylic acids is 1. The summed E-state index contributed by atoms with van der Waals surface area (Å²) < 4.78 is 0. The number of rotatable bonds is 14. The molecule has 0 spiro atoms. The molecule has 0 aliphatic heterocycles. The molecule has 0 unspecified atom stereocenters. The first kappa shape index (κ1) is 21.7. The Labute approximate surface area is 139 Å². The monoisotopic (exact) mass is 369 g/mol. The maximum Gasteiger partial charge on any atom is 0.0414 e. The molecular weight excluding hydrogens is 337 g/mol. The van der Waals surface area contributed by atoms with Gasteiger partial charge in [-0.25, -0.2) is 0 Å². The number of aliphatic carboxylic acids is 1. The minimum absolute atomic E-state index is 0. The summed E-state index contributed by atoms with van der Waals surface area (Å²) in [6, 6.07) is 0. The van der Waals surface area contributed by atoms with Crippen molar-refractivity contribution < 1.29 is 37.2 Å². The van der Waals surface area contributed by atoms with Crippen LogP contribution in [0.1, 0.15) is 96.8 Å². The van der Waals surface area contributed by atoms with Crippen LogP contribution in [-0.4, -0.2) is 5.97 Å². The third-order valence-corrected chi connectivity index (χ3v) is 3.48. The van der Waals surface area contributed by atoms with Gasteiger partial charge in [-0.15, -0.1) is 0 Å². The van der Waals surface area contributed by atoms with Gasteiger partial charge >= 0.3 is 0 Å². The first-order valence-corrected chi connectivity index (χ1v) is 7.97. The van der Waals surface area contributed by atoms with Crippen LogP contribution < -0.4 is 5.11 Å². The van der Waals surface area contributed by atoms with Crippen LogP contribution in [0.25, 0.3) is 0 Å². The Bertz CT molecular complexity index is 184. The number of hydrogen-bond donors (Lipinski definition) is 0. The largest absolute Gasteiger partial charge is 0.550 e. The van der Waals surface area contributed by atoms with Gasteiger partial charge in [-0.1, -0.05) is 84.0 Å². The second kappa shape index (κ2) is 18.4. The summed E-state index contributed by atoms with van der Waals surface area (Å²) in [5.41, 5.74) is 0. The van der Waals surface area contributed by atoms with E-state index in [1.165, 1.54) is 70.6 Å². The van der Waals surface area contributed by atoms with Crippen molar-refractivity contribution in [1.29, 1.82) is 0 Å². The topological polar surface area (TPSA) is 40.1 Å². The molecule has 19 heavy (non-hydrogen) atoms. The Kier molecular flexibility index (Phi) is 21.0. The molecule has 110 valence electrons. The summed E-state index contributed by atoms with van der Waals surface area (Å²) >= 11 is 0. The number of carboxylic acids is 1. The molecule has 0 aromatic carbocycles. The Morgan fingerprint density at radius 2 is 1.00 bits per heavy atom. The van der Waals surface area contributed by atoms with Crippen molar-refractivity contribution >= 4 is 5.97 Å². The van der Waals surface area contributed by atoms with Crippen molar-refractivity contribution in [1.82, 2.24) is 0 Å². The van der Waals surface area contributed by atoms with E-state index in [0.29, 0.717) is 0 Å². The summed E-state index contributed by atoms with van der Waals surface area (Å²) in [7, 11) is 0. The van der Waals surface area contributed by atoms with Crippen LogP contribution in [-0.2, 0) is 32.1 Å². The van der Waals surface area contributed by atoms with Gasteiger partial charge < -0.3 is 9.90 Å². The van der Waals surface area contributed by atoms with E-state index >= 15 is 0 Å². The van der Waals surface area contributed by atoms with Crippen LogP contribution in [0, 0.1) is 0 Å². The number of unbranched alkanes of at least 4 members (excludes halogenated alkanes) is 12. The van der Waals surface area contributed by atoms with E-state index in [1.807, 2.05) is 0 Å². The van der Waals surface area contributed by atoms with Crippen molar-refractivity contribution in [3.63, 3.8) is 0 Å². The molecule has 0 aromatic rings. The molecule has 0 aliphatic carbocycles. The Morgan fingerprint density at radius 3 is 1.32 bits per heavy atom. The number of carboxylic acid groups (broad SMARTS) is 1. The summed E-state index contributed by atoms with van der Waals surface area (Å²) in [4.78, 5) is 10.2. The zero-order valence-corrected chi connectivity index (χ0v) is 17.0. The molecule has 0 bridgehead atoms. The molecule has 0 N–H and O–H groups in total. The van der Waals surface area contributed by atoms with E-state index in [0.717, 1.165) is 12.8 Å². The fourth-order valence-electron chi connectivity index (χ4n) is 2.29. The van der Waals surface area contributed by atoms with Gasteiger partial charge in [0.1, 0.15) is 0 Å². The third kappa shape index (κ3) is 20.9. The van der Waals surface area contributed by atoms with Crippen molar-refractivity contribution in [3.8, 4) is 0 Å². The average molecular weight is 368 g/mol. The second-order valence-corrected chi connectivity index (χ2v) is 5.36. The van der Waals surface area contributed by atoms with Crippen LogP contribution in [0.3, 0.4) is 0 Å². The van der Waals surface area contributed by atoms with Crippen molar-refractivity contribution in [2.75, 3.05) is 0 Å². The van der Waals surface area contributed by atoms with E-state index in [4.69, 9.17) is 0 Å². The molecule has 0 rings (SSSR count). The predicted molar refractivity (Wildman–Crippen MR) is 75.3 cm³/mol. The van der Waals surface area contributed by atoms with E-state index in [9.17, 15) is 9.90 Å². The first-order chi connectivity index (χ1) is 8.77. The molecule has 0 radical (unpaired) electrons. The van der Waals surface area contributed by atoms with Crippen molar-refractivity contribution in [2.24, 2.45) is 0 Å². The van der Waals surface area contributed by atoms with Crippen molar-refractivity contribution in [2.45, 2.75) is 96.8 Å². The molecule has 3 heteroatoms. The van der Waals surface area contributed by atoms with Gasteiger partial charge in [0.15, 0.2) is 0 Å². The minimum Gasteiger partial charge on any atom is -0.550 e. The summed E-state index contributed by atoms with van der Waals surface area (Å²) in [5.74, 6) is -0.905. The quantitative estimate of drug-likeness (QED) is 0.341. The van der Waals surface area contributed by atoms with Crippen LogP contribution in [0.15, 0.2) is 0 Å². The first-order valence-electron chi connectivity index (χ1n) is 7.97. The molecule has 0 heterocycles. The van der Waals surface area contributed by atoms with Crippen LogP contribution >= 0.6 is 0 Å². The van der Waals surface area contributed by atoms with Gasteiger partial charge in [0.05, 0.1) is 0 Å². The van der Waals surface area contributed by atoms with E-state index in [2.05, 4.69) is 6.92 Å². The molecule has 0 atom stereocenters. The molecule has 0 aromatic heterocycles. The summed E-state index contributed by atoms with van der Waals surface area (Å²) in [6.07, 6.45) is 16.9. The molecular formula is C16H31CdO2-. The van der Waals surface area contributed by atoms with Gasteiger partial charge in [-0.2, -0.15) is 0 Å². The SMILES string of the molecule is CCCCCCCCCCCCCCCC(=O)[O-].[Cd]. The normalized spacial score (nSPS) is 10.2. The van der Waals surface area contributed by atoms with Gasteiger partial charge in [-0.05, 0) is 12.8 Å². The van der Waals surface area contributed by atoms with Gasteiger partial charge in [0.2, 0.25) is 0 Å². The van der Waals surface area contributed by atoms with E-state index < -0.39 is 5.97 Å². The van der Waals surface area contributed by atoms with Crippen molar-refractivity contribution in [3.05, 3.63) is 0 Å². The second-order valence-electron chi connectivity index (χ2n) is 5.36. The zero-order chi connectivity index (χ0) is 13.5. The van der Waals surface area contributed by atoms with Gasteiger partial charge in [-0.3, -0.25) is 0 Å². The fraction of sp³-hybridized carbons (Fsp3) is 0.938. The predicted octanol–water partition coefficient (Wildman–Crippen LogP) is 4.22. The number of carbonyl (C=O) groups is 1. The standard InChI is InChI=1S/C16H32O2.Cd/c1-2-3-4-5-6-7-8-9-10-11-12-13-14-15-16(17)18;/h2-15H2,1H3,(H,17,18);/p-1. The Morgan fingerprint density at radius 1 is 0.684 bits per heavy atom. The molecule has 0 aliphatic rings. The van der Waals surface area contributed by atoms with E-state index in [-0.39, 0.29) is 33.7 Å². The maximum absolute atomic E-state index is 10.2. The molecule has 0 saturated heterocycles. The van der Waals surface area contributed by atoms with Gasteiger partial charge in [0.25, 0.3) is 0 Å². The van der Waals surface area contributed by atoms with Crippen LogP contribution in [0.4, 0.5) is 0 Å². The summed E-state index contributed by atoms with van der Waals surface area (Å²) in [6.45, 7) is 2.26. The molecule has 2 nitrogen and oxygen atoms in total. The van der Waals surface area contributed by atoms with Crippen LogP contribution in [0.2, 0.25) is 0 Å². The third-order valence-electron chi connectivity index (χ3n) is 3.48. The Hall–Kier alpha value is 0.392. The maximum atomic E-state index is 10.2. The van der Waals surface area contributed by atoms with Crippen LogP contribution in [0.5, 0.6) is 0 Å². The fourth-order valence-corrected chi connectivity index (χ4v) is 2.29. The molecule has 0 saturated carbocycles. The van der Waals surface area contributed by atoms with Gasteiger partial charge in [0, 0.05) is 33.3 Å². The number of hydrogen-bond acceptors (Lipinski definition) is 2. The smallest absolute Gasteiger partial charge is 0.0414 e. The van der Waals surface area contributed by atoms with E-state index in [1.54, 1.807) is 0 Å². The summed E-state index contributed by atoms with van der Waals surface area (Å²) in [5, 5.41) is 10.2.